The number of hydrogen-bond donors (Lipinski definition) is 0. The molecule has 130 valence electrons. The first-order chi connectivity index (χ1) is 11.3. The molecular weight excluding hydrogens is 332 g/mol. The minimum Gasteiger partial charge on any atom is -0.372 e. The van der Waals surface area contributed by atoms with E-state index in [2.05, 4.69) is 0 Å². The Bertz CT molecular complexity index is 766. The minimum atomic E-state index is -3.86. The second-order valence-corrected chi connectivity index (χ2v) is 8.02. The molecular formula is C16H20N2O5S. The summed E-state index contributed by atoms with van der Waals surface area (Å²) < 4.78 is 31.3. The van der Waals surface area contributed by atoms with E-state index in [-0.39, 0.29) is 41.5 Å². The average molecular weight is 352 g/mol. The molecule has 0 spiro atoms. The lowest BCUT2D eigenvalue weighted by Crippen LogP contribution is -2.49. The van der Waals surface area contributed by atoms with Crippen molar-refractivity contribution in [1.82, 2.24) is 9.21 Å². The number of carbonyl (C=O) groups excluding carboxylic acids is 2. The van der Waals surface area contributed by atoms with E-state index in [4.69, 9.17) is 4.74 Å². The van der Waals surface area contributed by atoms with Crippen molar-refractivity contribution in [3.63, 3.8) is 0 Å². The Hall–Kier alpha value is -1.93. The highest BCUT2D eigenvalue weighted by Crippen LogP contribution is 2.30. The molecule has 2 unspecified atom stereocenters. The minimum absolute atomic E-state index is 0.0102. The molecule has 1 aromatic rings. The number of ether oxygens (including phenoxy) is 1. The molecule has 0 aromatic heterocycles. The molecule has 7 nitrogen and oxygen atoms in total. The summed E-state index contributed by atoms with van der Waals surface area (Å²) in [4.78, 5) is 26.4. The molecule has 1 aromatic carbocycles. The predicted molar refractivity (Wildman–Crippen MR) is 85.9 cm³/mol. The number of carbonyl (C=O) groups is 2. The highest BCUT2D eigenvalue weighted by Gasteiger charge is 2.41. The molecule has 0 radical (unpaired) electrons. The Morgan fingerprint density at radius 1 is 1.21 bits per heavy atom. The Balaban J connectivity index is 1.69. The van der Waals surface area contributed by atoms with Crippen LogP contribution in [0.25, 0.3) is 0 Å². The molecule has 2 amide bonds. The number of amides is 2. The van der Waals surface area contributed by atoms with Crippen LogP contribution in [0.4, 0.5) is 0 Å². The SMILES string of the molecule is CC1CN(C(=O)CCN2C(=O)c3ccccc3S2(=O)=O)CC(C)O1. The summed E-state index contributed by atoms with van der Waals surface area (Å²) in [5, 5.41) is 0. The van der Waals surface area contributed by atoms with Gasteiger partial charge in [0, 0.05) is 26.1 Å². The third-order valence-corrected chi connectivity index (χ3v) is 6.05. The van der Waals surface area contributed by atoms with Crippen molar-refractivity contribution in [2.45, 2.75) is 37.4 Å². The van der Waals surface area contributed by atoms with Crippen LogP contribution in [0.1, 0.15) is 30.6 Å². The maximum atomic E-state index is 12.4. The van der Waals surface area contributed by atoms with Gasteiger partial charge >= 0.3 is 0 Å². The van der Waals surface area contributed by atoms with Gasteiger partial charge in [0.2, 0.25) is 5.91 Å². The topological polar surface area (TPSA) is 84.0 Å². The molecule has 1 fully saturated rings. The standard InChI is InChI=1S/C16H20N2O5S/c1-11-9-17(10-12(2)23-11)15(19)7-8-18-16(20)13-5-3-4-6-14(13)24(18,21)22/h3-6,11-12H,7-10H2,1-2H3. The molecule has 2 aliphatic rings. The van der Waals surface area contributed by atoms with Gasteiger partial charge in [0.25, 0.3) is 15.9 Å². The van der Waals surface area contributed by atoms with Gasteiger partial charge in [-0.2, -0.15) is 0 Å². The molecule has 2 atom stereocenters. The zero-order valence-electron chi connectivity index (χ0n) is 13.6. The first-order valence-electron chi connectivity index (χ1n) is 7.90. The van der Waals surface area contributed by atoms with Crippen LogP contribution in [0.2, 0.25) is 0 Å². The first kappa shape index (κ1) is 16.9. The van der Waals surface area contributed by atoms with Crippen molar-refractivity contribution in [2.75, 3.05) is 19.6 Å². The Labute approximate surface area is 141 Å². The normalized spacial score (nSPS) is 25.7. The summed E-state index contributed by atoms with van der Waals surface area (Å²) in [6.07, 6.45) is -0.142. The van der Waals surface area contributed by atoms with Crippen molar-refractivity contribution < 1.29 is 22.7 Å². The smallest absolute Gasteiger partial charge is 0.269 e. The number of hydrogen-bond acceptors (Lipinski definition) is 5. The van der Waals surface area contributed by atoms with Crippen LogP contribution in [0, 0.1) is 0 Å². The molecule has 0 bridgehead atoms. The summed E-state index contributed by atoms with van der Waals surface area (Å²) in [6, 6.07) is 6.10. The Kier molecular flexibility index (Phi) is 4.35. The summed E-state index contributed by atoms with van der Waals surface area (Å²) in [6.45, 7) is 4.59. The molecule has 2 aliphatic heterocycles. The van der Waals surface area contributed by atoms with Crippen LogP contribution in [-0.2, 0) is 19.6 Å². The van der Waals surface area contributed by atoms with Crippen LogP contribution >= 0.6 is 0 Å². The van der Waals surface area contributed by atoms with Crippen molar-refractivity contribution in [3.05, 3.63) is 29.8 Å². The lowest BCUT2D eigenvalue weighted by atomic mass is 10.2. The van der Waals surface area contributed by atoms with Gasteiger partial charge in [-0.3, -0.25) is 9.59 Å². The zero-order valence-corrected chi connectivity index (χ0v) is 14.5. The van der Waals surface area contributed by atoms with Crippen LogP contribution in [0.15, 0.2) is 29.2 Å². The molecule has 0 aliphatic carbocycles. The monoisotopic (exact) mass is 352 g/mol. The summed E-state index contributed by atoms with van der Waals surface area (Å²) in [7, 11) is -3.86. The number of rotatable bonds is 3. The maximum absolute atomic E-state index is 12.4. The third-order valence-electron chi connectivity index (χ3n) is 4.21. The van der Waals surface area contributed by atoms with E-state index in [1.165, 1.54) is 12.1 Å². The quantitative estimate of drug-likeness (QED) is 0.805. The van der Waals surface area contributed by atoms with E-state index in [1.54, 1.807) is 17.0 Å². The van der Waals surface area contributed by atoms with Crippen molar-refractivity contribution in [1.29, 1.82) is 0 Å². The fraction of sp³-hybridized carbons (Fsp3) is 0.500. The molecule has 0 saturated carbocycles. The summed E-state index contributed by atoms with van der Waals surface area (Å²) >= 11 is 0. The summed E-state index contributed by atoms with van der Waals surface area (Å²) in [5.41, 5.74) is 0.165. The van der Waals surface area contributed by atoms with Crippen molar-refractivity contribution in [3.8, 4) is 0 Å². The van der Waals surface area contributed by atoms with Gasteiger partial charge in [-0.25, -0.2) is 12.7 Å². The highest BCUT2D eigenvalue weighted by atomic mass is 32.2. The fourth-order valence-electron chi connectivity index (χ4n) is 3.19. The van der Waals surface area contributed by atoms with Crippen LogP contribution < -0.4 is 0 Å². The lowest BCUT2D eigenvalue weighted by Gasteiger charge is -2.35. The molecule has 24 heavy (non-hydrogen) atoms. The number of sulfonamides is 1. The van der Waals surface area contributed by atoms with E-state index in [0.29, 0.717) is 13.1 Å². The van der Waals surface area contributed by atoms with E-state index >= 15 is 0 Å². The average Bonchev–Trinajstić information content (AvgIpc) is 2.72. The molecule has 3 rings (SSSR count). The number of benzene rings is 1. The molecule has 0 N–H and O–H groups in total. The molecule has 8 heteroatoms. The van der Waals surface area contributed by atoms with E-state index in [0.717, 1.165) is 4.31 Å². The predicted octanol–water partition coefficient (Wildman–Crippen LogP) is 0.857. The molecule has 2 heterocycles. The second kappa shape index (κ2) is 6.18. The number of fused-ring (bicyclic) bond motifs is 1. The van der Waals surface area contributed by atoms with Gasteiger partial charge in [0.15, 0.2) is 0 Å². The van der Waals surface area contributed by atoms with Gasteiger partial charge in [-0.1, -0.05) is 12.1 Å². The van der Waals surface area contributed by atoms with Crippen molar-refractivity contribution in [2.24, 2.45) is 0 Å². The van der Waals surface area contributed by atoms with Gasteiger partial charge in [-0.15, -0.1) is 0 Å². The largest absolute Gasteiger partial charge is 0.372 e. The Morgan fingerprint density at radius 2 is 1.83 bits per heavy atom. The van der Waals surface area contributed by atoms with Crippen LogP contribution in [-0.4, -0.2) is 61.3 Å². The first-order valence-corrected chi connectivity index (χ1v) is 9.34. The fourth-order valence-corrected chi connectivity index (χ4v) is 4.76. The third kappa shape index (κ3) is 2.91. The summed E-state index contributed by atoms with van der Waals surface area (Å²) in [5.74, 6) is -0.738. The van der Waals surface area contributed by atoms with Gasteiger partial charge in [0.1, 0.15) is 4.90 Å². The van der Waals surface area contributed by atoms with E-state index in [9.17, 15) is 18.0 Å². The van der Waals surface area contributed by atoms with Crippen LogP contribution in [0.3, 0.4) is 0 Å². The lowest BCUT2D eigenvalue weighted by molar-refractivity contribution is -0.143. The maximum Gasteiger partial charge on any atom is 0.269 e. The molecule has 1 saturated heterocycles. The van der Waals surface area contributed by atoms with Gasteiger partial charge < -0.3 is 9.64 Å². The van der Waals surface area contributed by atoms with E-state index in [1.807, 2.05) is 13.8 Å². The highest BCUT2D eigenvalue weighted by molar-refractivity contribution is 7.90. The zero-order chi connectivity index (χ0) is 17.5. The van der Waals surface area contributed by atoms with Crippen molar-refractivity contribution >= 4 is 21.8 Å². The van der Waals surface area contributed by atoms with Crippen LogP contribution in [0.5, 0.6) is 0 Å². The number of nitrogens with zero attached hydrogens (tertiary/aromatic N) is 2. The number of morpholine rings is 1. The van der Waals surface area contributed by atoms with E-state index < -0.39 is 15.9 Å². The van der Waals surface area contributed by atoms with Gasteiger partial charge in [0.05, 0.1) is 17.8 Å². The second-order valence-electron chi connectivity index (χ2n) is 6.18. The van der Waals surface area contributed by atoms with Gasteiger partial charge in [-0.05, 0) is 26.0 Å². The Morgan fingerprint density at radius 3 is 2.46 bits per heavy atom.